The van der Waals surface area contributed by atoms with Gasteiger partial charge in [0.2, 0.25) is 5.91 Å². The third-order valence-corrected chi connectivity index (χ3v) is 4.49. The van der Waals surface area contributed by atoms with E-state index in [0.717, 1.165) is 5.56 Å². The zero-order chi connectivity index (χ0) is 14.7. The van der Waals surface area contributed by atoms with E-state index < -0.39 is 6.04 Å². The van der Waals surface area contributed by atoms with E-state index in [1.54, 1.807) is 11.3 Å². The molecule has 1 atom stereocenters. The fraction of sp³-hybridized carbons (Fsp3) is 0.118. The van der Waals surface area contributed by atoms with Gasteiger partial charge in [0.25, 0.3) is 0 Å². The first kappa shape index (κ1) is 13.8. The van der Waals surface area contributed by atoms with Crippen molar-refractivity contribution in [1.82, 2.24) is 5.32 Å². The molecule has 0 aliphatic heterocycles. The van der Waals surface area contributed by atoms with E-state index in [1.807, 2.05) is 42.5 Å². The highest BCUT2D eigenvalue weighted by Gasteiger charge is 2.17. The maximum absolute atomic E-state index is 11.7. The lowest BCUT2D eigenvalue weighted by molar-refractivity contribution is -0.120. The summed E-state index contributed by atoms with van der Waals surface area (Å²) in [5, 5.41) is 6.62. The van der Waals surface area contributed by atoms with Gasteiger partial charge in [-0.15, -0.1) is 11.3 Å². The molecule has 0 radical (unpaired) electrons. The number of amides is 1. The summed E-state index contributed by atoms with van der Waals surface area (Å²) in [6.45, 7) is 0.618. The minimum absolute atomic E-state index is 0.360. The summed E-state index contributed by atoms with van der Waals surface area (Å²) in [4.78, 5) is 11.7. The molecule has 2 aromatic carbocycles. The molecular formula is C17H16N2OS. The predicted octanol–water partition coefficient (Wildman–Crippen LogP) is 3.22. The normalized spacial score (nSPS) is 12.4. The maximum atomic E-state index is 11.7. The van der Waals surface area contributed by atoms with Crippen LogP contribution in [0.4, 0.5) is 0 Å². The van der Waals surface area contributed by atoms with E-state index in [0.29, 0.717) is 6.54 Å². The van der Waals surface area contributed by atoms with Crippen LogP contribution in [0.1, 0.15) is 17.2 Å². The number of nitrogens with two attached hydrogens (primary N) is 1. The van der Waals surface area contributed by atoms with Crippen LogP contribution in [0.15, 0.2) is 60.0 Å². The molecule has 0 unspecified atom stereocenters. The number of carbonyl (C=O) groups is 1. The van der Waals surface area contributed by atoms with Gasteiger partial charge < -0.3 is 5.73 Å². The molecule has 0 saturated heterocycles. The van der Waals surface area contributed by atoms with Gasteiger partial charge in [-0.2, -0.15) is 0 Å². The first-order chi connectivity index (χ1) is 10.3. The lowest BCUT2D eigenvalue weighted by atomic mass is 10.1. The summed E-state index contributed by atoms with van der Waals surface area (Å²) >= 11 is 1.71. The second-order valence-corrected chi connectivity index (χ2v) is 5.80. The average molecular weight is 296 g/mol. The van der Waals surface area contributed by atoms with Gasteiger partial charge in [-0.1, -0.05) is 48.5 Å². The summed E-state index contributed by atoms with van der Waals surface area (Å²) in [5.74, 6) is -0.360. The molecule has 1 amide bonds. The van der Waals surface area contributed by atoms with E-state index in [4.69, 9.17) is 5.73 Å². The van der Waals surface area contributed by atoms with Crippen LogP contribution in [-0.4, -0.2) is 5.91 Å². The Hall–Kier alpha value is -2.17. The molecule has 21 heavy (non-hydrogen) atoms. The molecule has 1 aromatic heterocycles. The van der Waals surface area contributed by atoms with Gasteiger partial charge in [0.05, 0.1) is 0 Å². The summed E-state index contributed by atoms with van der Waals surface area (Å²) in [7, 11) is 0. The van der Waals surface area contributed by atoms with Gasteiger partial charge in [0, 0.05) is 11.2 Å². The van der Waals surface area contributed by atoms with Crippen molar-refractivity contribution >= 4 is 27.3 Å². The quantitative estimate of drug-likeness (QED) is 0.759. The molecule has 4 heteroatoms. The van der Waals surface area contributed by atoms with Crippen LogP contribution in [0.2, 0.25) is 0 Å². The average Bonchev–Trinajstić information content (AvgIpc) is 2.92. The molecule has 0 fully saturated rings. The summed E-state index contributed by atoms with van der Waals surface area (Å²) in [5.41, 5.74) is 7.61. The van der Waals surface area contributed by atoms with Gasteiger partial charge in [-0.25, -0.2) is 0 Å². The van der Waals surface area contributed by atoms with Crippen LogP contribution in [0.5, 0.6) is 0 Å². The number of rotatable bonds is 5. The van der Waals surface area contributed by atoms with E-state index >= 15 is 0 Å². The van der Waals surface area contributed by atoms with E-state index in [-0.39, 0.29) is 5.91 Å². The fourth-order valence-electron chi connectivity index (χ4n) is 2.41. The third kappa shape index (κ3) is 2.96. The molecule has 106 valence electrons. The van der Waals surface area contributed by atoms with Crippen molar-refractivity contribution in [3.8, 4) is 0 Å². The van der Waals surface area contributed by atoms with Crippen molar-refractivity contribution in [2.24, 2.45) is 5.73 Å². The van der Waals surface area contributed by atoms with Crippen LogP contribution in [-0.2, 0) is 11.3 Å². The standard InChI is InChI=1S/C17H16N2OS/c18-17(20)16(12-6-2-1-3-7-12)19-10-13-11-21-15-9-5-4-8-14(13)15/h1-9,11,16,19H,10H2,(H2,18,20)/t16-/m0/s1. The first-order valence-corrected chi connectivity index (χ1v) is 7.66. The number of primary amides is 1. The van der Waals surface area contributed by atoms with Gasteiger partial charge in [-0.3, -0.25) is 10.1 Å². The van der Waals surface area contributed by atoms with E-state index in [2.05, 4.69) is 22.8 Å². The van der Waals surface area contributed by atoms with Gasteiger partial charge in [0.15, 0.2) is 0 Å². The predicted molar refractivity (Wildman–Crippen MR) is 87.0 cm³/mol. The smallest absolute Gasteiger partial charge is 0.239 e. The SMILES string of the molecule is NC(=O)[C@@H](NCc1csc2ccccc12)c1ccccc1. The molecule has 0 aliphatic rings. The third-order valence-electron chi connectivity index (χ3n) is 3.48. The van der Waals surface area contributed by atoms with Crippen LogP contribution >= 0.6 is 11.3 Å². The molecule has 0 bridgehead atoms. The number of hydrogen-bond acceptors (Lipinski definition) is 3. The molecule has 0 aliphatic carbocycles. The molecule has 3 N–H and O–H groups in total. The lowest BCUT2D eigenvalue weighted by Crippen LogP contribution is -2.33. The van der Waals surface area contributed by atoms with Gasteiger partial charge >= 0.3 is 0 Å². The Labute approximate surface area is 127 Å². The van der Waals surface area contributed by atoms with Crippen molar-refractivity contribution in [2.45, 2.75) is 12.6 Å². The highest BCUT2D eigenvalue weighted by Crippen LogP contribution is 2.26. The fourth-order valence-corrected chi connectivity index (χ4v) is 3.37. The molecule has 3 aromatic rings. The zero-order valence-electron chi connectivity index (χ0n) is 11.5. The Kier molecular flexibility index (Phi) is 3.99. The van der Waals surface area contributed by atoms with Gasteiger partial charge in [0.1, 0.15) is 6.04 Å². The summed E-state index contributed by atoms with van der Waals surface area (Å²) < 4.78 is 1.25. The summed E-state index contributed by atoms with van der Waals surface area (Å²) in [6.07, 6.45) is 0. The molecule has 3 nitrogen and oxygen atoms in total. The summed E-state index contributed by atoms with van der Waals surface area (Å²) in [6, 6.07) is 17.4. The topological polar surface area (TPSA) is 55.1 Å². The molecule has 1 heterocycles. The number of nitrogens with one attached hydrogen (secondary N) is 1. The Morgan fingerprint density at radius 3 is 2.57 bits per heavy atom. The molecule has 3 rings (SSSR count). The number of fused-ring (bicyclic) bond motifs is 1. The largest absolute Gasteiger partial charge is 0.368 e. The zero-order valence-corrected chi connectivity index (χ0v) is 12.3. The van der Waals surface area contributed by atoms with Crippen molar-refractivity contribution in [3.05, 3.63) is 71.1 Å². The van der Waals surface area contributed by atoms with Crippen molar-refractivity contribution in [1.29, 1.82) is 0 Å². The monoisotopic (exact) mass is 296 g/mol. The van der Waals surface area contributed by atoms with Crippen LogP contribution in [0.3, 0.4) is 0 Å². The molecule has 0 saturated carbocycles. The minimum Gasteiger partial charge on any atom is -0.368 e. The van der Waals surface area contributed by atoms with Crippen molar-refractivity contribution in [3.63, 3.8) is 0 Å². The van der Waals surface area contributed by atoms with Crippen LogP contribution in [0, 0.1) is 0 Å². The van der Waals surface area contributed by atoms with Crippen molar-refractivity contribution < 1.29 is 4.79 Å². The first-order valence-electron chi connectivity index (χ1n) is 6.78. The molecule has 0 spiro atoms. The lowest BCUT2D eigenvalue weighted by Gasteiger charge is -2.15. The van der Waals surface area contributed by atoms with Crippen LogP contribution in [0.25, 0.3) is 10.1 Å². The number of hydrogen-bond donors (Lipinski definition) is 2. The number of thiophene rings is 1. The van der Waals surface area contributed by atoms with Gasteiger partial charge in [-0.05, 0) is 28.0 Å². The number of benzene rings is 2. The second kappa shape index (κ2) is 6.08. The van der Waals surface area contributed by atoms with Crippen molar-refractivity contribution in [2.75, 3.05) is 0 Å². The molecular weight excluding hydrogens is 280 g/mol. The second-order valence-electron chi connectivity index (χ2n) is 4.88. The highest BCUT2D eigenvalue weighted by molar-refractivity contribution is 7.17. The minimum atomic E-state index is -0.468. The Morgan fingerprint density at radius 2 is 1.81 bits per heavy atom. The number of carbonyl (C=O) groups excluding carboxylic acids is 1. The Bertz CT molecular complexity index is 752. The highest BCUT2D eigenvalue weighted by atomic mass is 32.1. The van der Waals surface area contributed by atoms with E-state index in [1.165, 1.54) is 15.6 Å². The van der Waals surface area contributed by atoms with Crippen LogP contribution < -0.4 is 11.1 Å². The van der Waals surface area contributed by atoms with E-state index in [9.17, 15) is 4.79 Å². The Balaban J connectivity index is 1.80. The Morgan fingerprint density at radius 1 is 1.10 bits per heavy atom. The maximum Gasteiger partial charge on any atom is 0.239 e.